The lowest BCUT2D eigenvalue weighted by Crippen LogP contribution is -2.47. The average molecular weight is 389 g/mol. The minimum atomic E-state index is -0.758. The molecule has 5 heteroatoms. The molecule has 0 aliphatic carbocycles. The van der Waals surface area contributed by atoms with Crippen LogP contribution in [0.15, 0.2) is 59.1 Å². The van der Waals surface area contributed by atoms with E-state index in [9.17, 15) is 4.79 Å². The fourth-order valence-corrected chi connectivity index (χ4v) is 3.82. The molecule has 0 spiro atoms. The number of nitrogens with zero attached hydrogens (tertiary/aromatic N) is 1. The number of hydrogen-bond acceptors (Lipinski definition) is 4. The highest BCUT2D eigenvalue weighted by Gasteiger charge is 2.49. The number of halogens is 1. The Kier molecular flexibility index (Phi) is 5.04. The molecule has 0 saturated carbocycles. The maximum absolute atomic E-state index is 12.3. The predicted molar refractivity (Wildman–Crippen MR) is 97.2 cm³/mol. The highest BCUT2D eigenvalue weighted by atomic mass is 79.9. The van der Waals surface area contributed by atoms with Crippen molar-refractivity contribution in [1.29, 1.82) is 0 Å². The van der Waals surface area contributed by atoms with Gasteiger partial charge in [-0.05, 0) is 23.3 Å². The molecule has 126 valence electrons. The van der Waals surface area contributed by atoms with Crippen molar-refractivity contribution in [2.75, 3.05) is 20.2 Å². The van der Waals surface area contributed by atoms with Crippen molar-refractivity contribution in [2.45, 2.75) is 12.1 Å². The first kappa shape index (κ1) is 17.1. The minimum Gasteiger partial charge on any atom is -0.469 e. The first-order valence-electron chi connectivity index (χ1n) is 7.92. The quantitative estimate of drug-likeness (QED) is 0.818. The van der Waals surface area contributed by atoms with Gasteiger partial charge in [0.15, 0.2) is 0 Å². The molecule has 2 atom stereocenters. The van der Waals surface area contributed by atoms with E-state index in [0.29, 0.717) is 13.1 Å². The zero-order valence-electron chi connectivity index (χ0n) is 13.6. The molecule has 1 aliphatic rings. The van der Waals surface area contributed by atoms with Crippen LogP contribution >= 0.6 is 15.9 Å². The van der Waals surface area contributed by atoms with Gasteiger partial charge < -0.3 is 10.5 Å². The smallest absolute Gasteiger partial charge is 0.312 e. The van der Waals surface area contributed by atoms with Gasteiger partial charge in [-0.25, -0.2) is 0 Å². The Morgan fingerprint density at radius 3 is 2.71 bits per heavy atom. The number of hydrogen-bond donors (Lipinski definition) is 1. The van der Waals surface area contributed by atoms with Crippen molar-refractivity contribution in [1.82, 2.24) is 4.90 Å². The normalized spacial score (nSPS) is 24.0. The lowest BCUT2D eigenvalue weighted by atomic mass is 9.81. The number of carbonyl (C=O) groups is 1. The van der Waals surface area contributed by atoms with Crippen LogP contribution in [0.3, 0.4) is 0 Å². The second-order valence-electron chi connectivity index (χ2n) is 6.28. The van der Waals surface area contributed by atoms with Gasteiger partial charge in [-0.15, -0.1) is 0 Å². The van der Waals surface area contributed by atoms with Gasteiger partial charge in [0, 0.05) is 24.1 Å². The molecule has 1 fully saturated rings. The molecule has 3 rings (SSSR count). The highest BCUT2D eigenvalue weighted by molar-refractivity contribution is 9.10. The summed E-state index contributed by atoms with van der Waals surface area (Å²) >= 11 is 3.49. The van der Waals surface area contributed by atoms with Crippen LogP contribution in [-0.2, 0) is 21.6 Å². The molecule has 2 N–H and O–H groups in total. The molecule has 24 heavy (non-hydrogen) atoms. The van der Waals surface area contributed by atoms with Crippen LogP contribution < -0.4 is 5.73 Å². The number of ether oxygens (including phenoxy) is 1. The summed E-state index contributed by atoms with van der Waals surface area (Å²) in [6.07, 6.45) is 0. The Morgan fingerprint density at radius 2 is 2.04 bits per heavy atom. The standard InChI is InChI=1S/C19H21BrN2O2/c1-24-18(23)17-12-22(11-14-6-3-2-4-7-14)13-19(17,21)15-8-5-9-16(20)10-15/h2-10,17H,11-13,21H2,1H3. The van der Waals surface area contributed by atoms with E-state index in [-0.39, 0.29) is 11.9 Å². The molecule has 0 radical (unpaired) electrons. The molecular formula is C19H21BrN2O2. The van der Waals surface area contributed by atoms with Gasteiger partial charge in [-0.1, -0.05) is 58.4 Å². The van der Waals surface area contributed by atoms with E-state index in [1.165, 1.54) is 12.7 Å². The van der Waals surface area contributed by atoms with E-state index in [1.807, 2.05) is 42.5 Å². The maximum atomic E-state index is 12.3. The summed E-state index contributed by atoms with van der Waals surface area (Å²) < 4.78 is 5.98. The zero-order valence-corrected chi connectivity index (χ0v) is 15.2. The Balaban J connectivity index is 1.89. The molecule has 1 heterocycles. The summed E-state index contributed by atoms with van der Waals surface area (Å²) in [6.45, 7) is 1.96. The van der Waals surface area contributed by atoms with E-state index < -0.39 is 5.54 Å². The molecule has 0 aromatic heterocycles. The lowest BCUT2D eigenvalue weighted by molar-refractivity contribution is -0.146. The van der Waals surface area contributed by atoms with Gasteiger partial charge in [-0.2, -0.15) is 0 Å². The molecule has 0 bridgehead atoms. The van der Waals surface area contributed by atoms with E-state index in [4.69, 9.17) is 10.5 Å². The largest absolute Gasteiger partial charge is 0.469 e. The summed E-state index contributed by atoms with van der Waals surface area (Å²) in [4.78, 5) is 14.6. The topological polar surface area (TPSA) is 55.6 Å². The predicted octanol–water partition coefficient (Wildman–Crippen LogP) is 2.91. The molecule has 0 amide bonds. The van der Waals surface area contributed by atoms with Crippen molar-refractivity contribution < 1.29 is 9.53 Å². The van der Waals surface area contributed by atoms with Crippen LogP contribution in [0.5, 0.6) is 0 Å². The second-order valence-corrected chi connectivity index (χ2v) is 7.20. The van der Waals surface area contributed by atoms with Gasteiger partial charge in [0.25, 0.3) is 0 Å². The van der Waals surface area contributed by atoms with Crippen LogP contribution in [-0.4, -0.2) is 31.1 Å². The molecule has 1 saturated heterocycles. The van der Waals surface area contributed by atoms with Crippen molar-refractivity contribution in [3.05, 3.63) is 70.2 Å². The van der Waals surface area contributed by atoms with Crippen LogP contribution in [0.4, 0.5) is 0 Å². The van der Waals surface area contributed by atoms with Gasteiger partial charge in [-0.3, -0.25) is 9.69 Å². The molecule has 4 nitrogen and oxygen atoms in total. The van der Waals surface area contributed by atoms with Crippen LogP contribution in [0.25, 0.3) is 0 Å². The fraction of sp³-hybridized carbons (Fsp3) is 0.316. The van der Waals surface area contributed by atoms with Crippen molar-refractivity contribution in [3.63, 3.8) is 0 Å². The Hall–Kier alpha value is -1.69. The van der Waals surface area contributed by atoms with E-state index >= 15 is 0 Å². The number of likely N-dealkylation sites (tertiary alicyclic amines) is 1. The number of nitrogens with two attached hydrogens (primary N) is 1. The third-order valence-electron chi connectivity index (χ3n) is 4.64. The van der Waals surface area contributed by atoms with Crippen molar-refractivity contribution >= 4 is 21.9 Å². The van der Waals surface area contributed by atoms with E-state index in [0.717, 1.165) is 16.6 Å². The maximum Gasteiger partial charge on any atom is 0.312 e. The Morgan fingerprint density at radius 1 is 1.29 bits per heavy atom. The highest BCUT2D eigenvalue weighted by Crippen LogP contribution is 2.37. The second kappa shape index (κ2) is 7.05. The monoisotopic (exact) mass is 388 g/mol. The van der Waals surface area contributed by atoms with Crippen LogP contribution in [0, 0.1) is 5.92 Å². The van der Waals surface area contributed by atoms with Gasteiger partial charge >= 0.3 is 5.97 Å². The van der Waals surface area contributed by atoms with Crippen molar-refractivity contribution in [2.24, 2.45) is 11.7 Å². The molecule has 2 aromatic rings. The molecular weight excluding hydrogens is 368 g/mol. The Bertz CT molecular complexity index is 722. The summed E-state index contributed by atoms with van der Waals surface area (Å²) in [5.41, 5.74) is 8.15. The number of esters is 1. The molecule has 1 aliphatic heterocycles. The Labute approximate surface area is 150 Å². The van der Waals surface area contributed by atoms with Crippen LogP contribution in [0.2, 0.25) is 0 Å². The van der Waals surface area contributed by atoms with Gasteiger partial charge in [0.1, 0.15) is 0 Å². The number of rotatable bonds is 4. The summed E-state index contributed by atoms with van der Waals surface area (Å²) in [7, 11) is 1.42. The van der Waals surface area contributed by atoms with Gasteiger partial charge in [0.05, 0.1) is 18.6 Å². The summed E-state index contributed by atoms with van der Waals surface area (Å²) in [5.74, 6) is -0.645. The SMILES string of the molecule is COC(=O)C1CN(Cc2ccccc2)CC1(N)c1cccc(Br)c1. The summed E-state index contributed by atoms with van der Waals surface area (Å²) in [5, 5.41) is 0. The minimum absolute atomic E-state index is 0.256. The van der Waals surface area contributed by atoms with Crippen LogP contribution in [0.1, 0.15) is 11.1 Å². The van der Waals surface area contributed by atoms with E-state index in [1.54, 1.807) is 0 Å². The molecule has 2 unspecified atom stereocenters. The number of benzene rings is 2. The van der Waals surface area contributed by atoms with E-state index in [2.05, 4.69) is 33.0 Å². The summed E-state index contributed by atoms with van der Waals surface area (Å²) in [6, 6.07) is 18.1. The molecule has 2 aromatic carbocycles. The first-order chi connectivity index (χ1) is 11.5. The number of carbonyl (C=O) groups excluding carboxylic acids is 1. The van der Waals surface area contributed by atoms with Crippen molar-refractivity contribution in [3.8, 4) is 0 Å². The van der Waals surface area contributed by atoms with Gasteiger partial charge in [0.2, 0.25) is 0 Å². The lowest BCUT2D eigenvalue weighted by Gasteiger charge is -2.29. The third kappa shape index (κ3) is 3.38. The zero-order chi connectivity index (χ0) is 17.2. The fourth-order valence-electron chi connectivity index (χ4n) is 3.43. The third-order valence-corrected chi connectivity index (χ3v) is 5.14. The average Bonchev–Trinajstić information content (AvgIpc) is 2.93. The number of methoxy groups -OCH3 is 1. The first-order valence-corrected chi connectivity index (χ1v) is 8.71.